The van der Waals surface area contributed by atoms with Gasteiger partial charge < -0.3 is 19.5 Å². The fourth-order valence-electron chi connectivity index (χ4n) is 2.54. The van der Waals surface area contributed by atoms with Crippen LogP contribution in [0.4, 0.5) is 0 Å². The Bertz CT molecular complexity index is 1040. The number of benzene rings is 2. The van der Waals surface area contributed by atoms with Crippen LogP contribution in [0.25, 0.3) is 22.9 Å². The van der Waals surface area contributed by atoms with Gasteiger partial charge in [-0.15, -0.1) is 0 Å². The highest BCUT2D eigenvalue weighted by Crippen LogP contribution is 2.30. The number of para-hydroxylation sites is 2. The van der Waals surface area contributed by atoms with Gasteiger partial charge in [0.15, 0.2) is 0 Å². The highest BCUT2D eigenvalue weighted by molar-refractivity contribution is 5.83. The standard InChI is InChI=1S/C21H22N2O4/c1-21(2,3)20(26)27-13-9-10-14(17(24)11-13)18(25)12-19-22-15-7-5-6-8-16(15)23(19)4/h5-12,24-25H,1-4H3/b18-12-. The maximum absolute atomic E-state index is 12.0. The van der Waals surface area contributed by atoms with Gasteiger partial charge in [0.25, 0.3) is 0 Å². The van der Waals surface area contributed by atoms with E-state index >= 15 is 0 Å². The highest BCUT2D eigenvalue weighted by Gasteiger charge is 2.24. The molecule has 0 aliphatic carbocycles. The minimum Gasteiger partial charge on any atom is -0.507 e. The zero-order chi connectivity index (χ0) is 19.8. The molecule has 0 aliphatic rings. The summed E-state index contributed by atoms with van der Waals surface area (Å²) in [5, 5.41) is 20.7. The second-order valence-electron chi connectivity index (χ2n) is 7.37. The number of carbonyl (C=O) groups is 1. The number of esters is 1. The third-order valence-corrected chi connectivity index (χ3v) is 4.16. The molecule has 0 radical (unpaired) electrons. The Morgan fingerprint density at radius 2 is 1.89 bits per heavy atom. The summed E-state index contributed by atoms with van der Waals surface area (Å²) in [6.07, 6.45) is 1.48. The van der Waals surface area contributed by atoms with E-state index in [0.717, 1.165) is 11.0 Å². The largest absolute Gasteiger partial charge is 0.507 e. The smallest absolute Gasteiger partial charge is 0.316 e. The predicted octanol–water partition coefficient (Wildman–Crippen LogP) is 4.29. The van der Waals surface area contributed by atoms with Crippen LogP contribution in [-0.2, 0) is 11.8 Å². The maximum atomic E-state index is 12.0. The Balaban J connectivity index is 1.90. The van der Waals surface area contributed by atoms with Gasteiger partial charge in [-0.25, -0.2) is 4.98 Å². The molecule has 0 saturated heterocycles. The summed E-state index contributed by atoms with van der Waals surface area (Å²) < 4.78 is 7.10. The molecule has 27 heavy (non-hydrogen) atoms. The number of fused-ring (bicyclic) bond motifs is 1. The number of imidazole rings is 1. The van der Waals surface area contributed by atoms with Gasteiger partial charge in [-0.3, -0.25) is 4.79 Å². The summed E-state index contributed by atoms with van der Waals surface area (Å²) >= 11 is 0. The van der Waals surface area contributed by atoms with E-state index in [1.54, 1.807) is 20.8 Å². The Hall–Kier alpha value is -3.28. The minimum atomic E-state index is -0.656. The monoisotopic (exact) mass is 366 g/mol. The van der Waals surface area contributed by atoms with Crippen molar-refractivity contribution in [2.24, 2.45) is 12.5 Å². The van der Waals surface area contributed by atoms with E-state index in [9.17, 15) is 15.0 Å². The highest BCUT2D eigenvalue weighted by atomic mass is 16.5. The topological polar surface area (TPSA) is 84.6 Å². The van der Waals surface area contributed by atoms with Crippen LogP contribution in [0, 0.1) is 5.41 Å². The summed E-state index contributed by atoms with van der Waals surface area (Å²) in [5.74, 6) is 0.0264. The molecule has 2 N–H and O–H groups in total. The van der Waals surface area contributed by atoms with Crippen molar-refractivity contribution in [1.29, 1.82) is 0 Å². The van der Waals surface area contributed by atoms with E-state index in [-0.39, 0.29) is 22.8 Å². The molecule has 0 fully saturated rings. The molecule has 140 valence electrons. The summed E-state index contributed by atoms with van der Waals surface area (Å²) in [5.41, 5.74) is 1.31. The van der Waals surface area contributed by atoms with Gasteiger partial charge in [-0.1, -0.05) is 12.1 Å². The second-order valence-corrected chi connectivity index (χ2v) is 7.37. The molecule has 0 spiro atoms. The Kier molecular flexibility index (Phi) is 4.66. The molecule has 2 aromatic carbocycles. The lowest BCUT2D eigenvalue weighted by Crippen LogP contribution is -2.25. The fraction of sp³-hybridized carbons (Fsp3) is 0.238. The van der Waals surface area contributed by atoms with Crippen molar-refractivity contribution < 1.29 is 19.7 Å². The summed E-state index contributed by atoms with van der Waals surface area (Å²) in [4.78, 5) is 16.4. The lowest BCUT2D eigenvalue weighted by Gasteiger charge is -2.16. The molecule has 3 aromatic rings. The van der Waals surface area contributed by atoms with Crippen molar-refractivity contribution in [1.82, 2.24) is 9.55 Å². The number of aryl methyl sites for hydroxylation is 1. The molecular formula is C21H22N2O4. The quantitative estimate of drug-likeness (QED) is 0.410. The molecule has 1 heterocycles. The van der Waals surface area contributed by atoms with Gasteiger partial charge in [0.2, 0.25) is 0 Å². The molecule has 6 heteroatoms. The molecule has 0 saturated carbocycles. The number of carbonyl (C=O) groups excluding carboxylic acids is 1. The SMILES string of the molecule is Cn1c(/C=C(\O)c2ccc(OC(=O)C(C)(C)C)cc2O)nc2ccccc21. The van der Waals surface area contributed by atoms with E-state index in [1.165, 1.54) is 24.3 Å². The van der Waals surface area contributed by atoms with Crippen molar-refractivity contribution in [3.8, 4) is 11.5 Å². The van der Waals surface area contributed by atoms with E-state index in [4.69, 9.17) is 4.74 Å². The number of phenols is 1. The van der Waals surface area contributed by atoms with Crippen LogP contribution in [0.15, 0.2) is 42.5 Å². The summed E-state index contributed by atoms with van der Waals surface area (Å²) in [7, 11) is 1.85. The van der Waals surface area contributed by atoms with Crippen LogP contribution in [0.2, 0.25) is 0 Å². The van der Waals surface area contributed by atoms with Crippen molar-refractivity contribution in [3.05, 3.63) is 53.9 Å². The zero-order valence-corrected chi connectivity index (χ0v) is 15.7. The molecule has 3 rings (SSSR count). The van der Waals surface area contributed by atoms with Crippen LogP contribution in [0.3, 0.4) is 0 Å². The number of aliphatic hydroxyl groups is 1. The predicted molar refractivity (Wildman–Crippen MR) is 104 cm³/mol. The normalized spacial score (nSPS) is 12.4. The van der Waals surface area contributed by atoms with Gasteiger partial charge >= 0.3 is 5.97 Å². The first-order valence-corrected chi connectivity index (χ1v) is 8.54. The molecule has 6 nitrogen and oxygen atoms in total. The zero-order valence-electron chi connectivity index (χ0n) is 15.7. The van der Waals surface area contributed by atoms with Crippen molar-refractivity contribution in [3.63, 3.8) is 0 Å². The fourth-order valence-corrected chi connectivity index (χ4v) is 2.54. The summed E-state index contributed by atoms with van der Waals surface area (Å²) in [6, 6.07) is 12.0. The minimum absolute atomic E-state index is 0.139. The molecule has 0 bridgehead atoms. The Labute approximate surface area is 157 Å². The van der Waals surface area contributed by atoms with Crippen LogP contribution in [0.5, 0.6) is 11.5 Å². The van der Waals surface area contributed by atoms with Crippen LogP contribution < -0.4 is 4.74 Å². The van der Waals surface area contributed by atoms with E-state index in [0.29, 0.717) is 5.82 Å². The van der Waals surface area contributed by atoms with Gasteiger partial charge in [0.1, 0.15) is 23.1 Å². The lowest BCUT2D eigenvalue weighted by molar-refractivity contribution is -0.142. The number of rotatable bonds is 3. The number of phenolic OH excluding ortho intramolecular Hbond substituents is 1. The molecular weight excluding hydrogens is 344 g/mol. The molecule has 0 aliphatic heterocycles. The lowest BCUT2D eigenvalue weighted by atomic mass is 9.97. The molecule has 0 amide bonds. The van der Waals surface area contributed by atoms with Crippen LogP contribution in [0.1, 0.15) is 32.2 Å². The first kappa shape index (κ1) is 18.5. The second kappa shape index (κ2) is 6.79. The molecule has 0 unspecified atom stereocenters. The van der Waals surface area contributed by atoms with Gasteiger partial charge in [-0.05, 0) is 45.0 Å². The van der Waals surface area contributed by atoms with E-state index in [2.05, 4.69) is 4.98 Å². The van der Waals surface area contributed by atoms with Crippen LogP contribution in [-0.4, -0.2) is 25.7 Å². The molecule has 0 atom stereocenters. The van der Waals surface area contributed by atoms with Crippen molar-refractivity contribution in [2.75, 3.05) is 0 Å². The number of nitrogens with zero attached hydrogens (tertiary/aromatic N) is 2. The average Bonchev–Trinajstić information content (AvgIpc) is 2.90. The van der Waals surface area contributed by atoms with Gasteiger partial charge in [-0.2, -0.15) is 0 Å². The first-order valence-electron chi connectivity index (χ1n) is 8.54. The number of aromatic hydroxyl groups is 1. The Morgan fingerprint density at radius 1 is 1.19 bits per heavy atom. The number of hydrogen-bond acceptors (Lipinski definition) is 5. The van der Waals surface area contributed by atoms with E-state index in [1.807, 2.05) is 35.9 Å². The number of ether oxygens (including phenoxy) is 1. The number of aromatic nitrogens is 2. The van der Waals surface area contributed by atoms with Crippen LogP contribution >= 0.6 is 0 Å². The van der Waals surface area contributed by atoms with Gasteiger partial charge in [0.05, 0.1) is 22.0 Å². The maximum Gasteiger partial charge on any atom is 0.316 e. The van der Waals surface area contributed by atoms with Gasteiger partial charge in [0, 0.05) is 19.2 Å². The third kappa shape index (κ3) is 3.79. The van der Waals surface area contributed by atoms with E-state index < -0.39 is 11.4 Å². The third-order valence-electron chi connectivity index (χ3n) is 4.16. The van der Waals surface area contributed by atoms with Crippen molar-refractivity contribution >= 4 is 28.8 Å². The number of aliphatic hydroxyl groups excluding tert-OH is 1. The first-order chi connectivity index (χ1) is 12.7. The number of hydrogen-bond donors (Lipinski definition) is 2. The average molecular weight is 366 g/mol. The summed E-state index contributed by atoms with van der Waals surface area (Å²) in [6.45, 7) is 5.24. The Morgan fingerprint density at radius 3 is 2.52 bits per heavy atom. The molecule has 1 aromatic heterocycles. The van der Waals surface area contributed by atoms with Crippen molar-refractivity contribution in [2.45, 2.75) is 20.8 Å².